The highest BCUT2D eigenvalue weighted by atomic mass is 16.2. The maximum atomic E-state index is 11.9. The van der Waals surface area contributed by atoms with Crippen molar-refractivity contribution in [2.75, 3.05) is 26.2 Å². The summed E-state index contributed by atoms with van der Waals surface area (Å²) in [6, 6.07) is 0. The molecule has 1 fully saturated rings. The van der Waals surface area contributed by atoms with Crippen molar-refractivity contribution in [1.82, 2.24) is 10.2 Å². The minimum atomic E-state index is -0.124. The Balaban J connectivity index is 2.53. The van der Waals surface area contributed by atoms with Crippen LogP contribution in [0.5, 0.6) is 0 Å². The van der Waals surface area contributed by atoms with Crippen LogP contribution in [0, 0.1) is 5.92 Å². The van der Waals surface area contributed by atoms with Crippen molar-refractivity contribution in [3.63, 3.8) is 0 Å². The largest absolute Gasteiger partial charge is 0.353 e. The molecule has 1 rings (SSSR count). The van der Waals surface area contributed by atoms with Crippen LogP contribution >= 0.6 is 0 Å². The van der Waals surface area contributed by atoms with Crippen LogP contribution in [-0.2, 0) is 9.59 Å². The van der Waals surface area contributed by atoms with E-state index in [2.05, 4.69) is 5.32 Å². The molecule has 15 heavy (non-hydrogen) atoms. The van der Waals surface area contributed by atoms with Crippen molar-refractivity contribution in [2.24, 2.45) is 11.7 Å². The third-order valence-electron chi connectivity index (χ3n) is 2.62. The molecule has 86 valence electrons. The molecular weight excluding hydrogens is 194 g/mol. The van der Waals surface area contributed by atoms with Crippen LogP contribution in [-0.4, -0.2) is 42.9 Å². The molecule has 0 aromatic heterocycles. The third-order valence-corrected chi connectivity index (χ3v) is 2.62. The summed E-state index contributed by atoms with van der Waals surface area (Å²) in [5.41, 5.74) is 5.55. The number of amides is 2. The van der Waals surface area contributed by atoms with Gasteiger partial charge < -0.3 is 16.0 Å². The van der Waals surface area contributed by atoms with E-state index < -0.39 is 0 Å². The Kier molecular flexibility index (Phi) is 4.55. The highest BCUT2D eigenvalue weighted by molar-refractivity contribution is 5.87. The first-order chi connectivity index (χ1) is 7.19. The van der Waals surface area contributed by atoms with Crippen LogP contribution in [0.1, 0.15) is 19.8 Å². The van der Waals surface area contributed by atoms with Gasteiger partial charge in [-0.25, -0.2) is 0 Å². The zero-order chi connectivity index (χ0) is 11.3. The molecule has 1 atom stereocenters. The van der Waals surface area contributed by atoms with E-state index in [0.717, 1.165) is 12.8 Å². The Morgan fingerprint density at radius 1 is 1.67 bits per heavy atom. The highest BCUT2D eigenvalue weighted by Crippen LogP contribution is 2.10. The summed E-state index contributed by atoms with van der Waals surface area (Å²) in [6.45, 7) is 3.72. The molecule has 1 aliphatic heterocycles. The summed E-state index contributed by atoms with van der Waals surface area (Å²) in [5, 5.41) is 2.69. The molecule has 0 aromatic rings. The summed E-state index contributed by atoms with van der Waals surface area (Å²) in [6.07, 6.45) is 1.74. The molecule has 1 unspecified atom stereocenters. The molecular formula is C10H19N3O2. The predicted molar refractivity (Wildman–Crippen MR) is 57.0 cm³/mol. The van der Waals surface area contributed by atoms with Gasteiger partial charge in [0.1, 0.15) is 0 Å². The van der Waals surface area contributed by atoms with Gasteiger partial charge in [0, 0.05) is 19.6 Å². The zero-order valence-corrected chi connectivity index (χ0v) is 9.16. The van der Waals surface area contributed by atoms with Crippen LogP contribution in [0.4, 0.5) is 0 Å². The van der Waals surface area contributed by atoms with E-state index in [9.17, 15) is 9.59 Å². The van der Waals surface area contributed by atoms with E-state index in [1.54, 1.807) is 4.90 Å². The molecule has 0 aliphatic carbocycles. The maximum Gasteiger partial charge on any atom is 0.239 e. The molecule has 5 heteroatoms. The number of nitrogens with two attached hydrogens (primary N) is 1. The fraction of sp³-hybridized carbons (Fsp3) is 0.800. The second kappa shape index (κ2) is 5.70. The molecule has 0 bridgehead atoms. The lowest BCUT2D eigenvalue weighted by atomic mass is 10.0. The second-order valence-electron chi connectivity index (χ2n) is 3.83. The average molecular weight is 213 g/mol. The van der Waals surface area contributed by atoms with Crippen LogP contribution in [0.25, 0.3) is 0 Å². The van der Waals surface area contributed by atoms with E-state index in [4.69, 9.17) is 5.73 Å². The van der Waals surface area contributed by atoms with Crippen LogP contribution in [0.2, 0.25) is 0 Å². The lowest BCUT2D eigenvalue weighted by molar-refractivity contribution is -0.141. The Hall–Kier alpha value is -1.10. The number of carbonyl (C=O) groups is 2. The topological polar surface area (TPSA) is 75.4 Å². The molecule has 1 heterocycles. The minimum Gasteiger partial charge on any atom is -0.353 e. The van der Waals surface area contributed by atoms with Gasteiger partial charge in [-0.3, -0.25) is 9.59 Å². The van der Waals surface area contributed by atoms with E-state index in [0.29, 0.717) is 19.6 Å². The number of hydrogen-bond acceptors (Lipinski definition) is 3. The Morgan fingerprint density at radius 3 is 2.93 bits per heavy atom. The van der Waals surface area contributed by atoms with Gasteiger partial charge >= 0.3 is 0 Å². The van der Waals surface area contributed by atoms with Crippen molar-refractivity contribution in [3.8, 4) is 0 Å². The monoisotopic (exact) mass is 213 g/mol. The van der Waals surface area contributed by atoms with Crippen molar-refractivity contribution >= 4 is 11.8 Å². The van der Waals surface area contributed by atoms with E-state index in [1.807, 2.05) is 6.92 Å². The smallest absolute Gasteiger partial charge is 0.239 e. The SMILES string of the molecule is CCCC(CN)C(=O)N1CCNC(=O)C1. The summed E-state index contributed by atoms with van der Waals surface area (Å²) < 4.78 is 0. The summed E-state index contributed by atoms with van der Waals surface area (Å²) in [5.74, 6) is -0.183. The Bertz CT molecular complexity index is 243. The van der Waals surface area contributed by atoms with Gasteiger partial charge in [-0.05, 0) is 6.42 Å². The number of rotatable bonds is 4. The number of carbonyl (C=O) groups excluding carboxylic acids is 2. The zero-order valence-electron chi connectivity index (χ0n) is 9.16. The van der Waals surface area contributed by atoms with Gasteiger partial charge in [0.05, 0.1) is 12.5 Å². The van der Waals surface area contributed by atoms with Crippen molar-refractivity contribution in [2.45, 2.75) is 19.8 Å². The van der Waals surface area contributed by atoms with Gasteiger partial charge in [-0.15, -0.1) is 0 Å². The molecule has 2 amide bonds. The fourth-order valence-corrected chi connectivity index (χ4v) is 1.78. The summed E-state index contributed by atoms with van der Waals surface area (Å²) in [4.78, 5) is 24.6. The van der Waals surface area contributed by atoms with Crippen LogP contribution in [0.3, 0.4) is 0 Å². The van der Waals surface area contributed by atoms with Gasteiger partial charge in [0.15, 0.2) is 0 Å². The molecule has 0 spiro atoms. The average Bonchev–Trinajstić information content (AvgIpc) is 2.25. The normalized spacial score (nSPS) is 18.5. The first kappa shape index (κ1) is 12.0. The molecule has 0 saturated carbocycles. The summed E-state index contributed by atoms with van der Waals surface area (Å²) >= 11 is 0. The van der Waals surface area contributed by atoms with Crippen molar-refractivity contribution < 1.29 is 9.59 Å². The van der Waals surface area contributed by atoms with Gasteiger partial charge in [0.25, 0.3) is 0 Å². The Labute approximate surface area is 90.0 Å². The van der Waals surface area contributed by atoms with Crippen LogP contribution < -0.4 is 11.1 Å². The fourth-order valence-electron chi connectivity index (χ4n) is 1.78. The number of nitrogens with zero attached hydrogens (tertiary/aromatic N) is 1. The summed E-state index contributed by atoms with van der Waals surface area (Å²) in [7, 11) is 0. The van der Waals surface area contributed by atoms with E-state index >= 15 is 0 Å². The molecule has 5 nitrogen and oxygen atoms in total. The lowest BCUT2D eigenvalue weighted by Crippen LogP contribution is -2.52. The second-order valence-corrected chi connectivity index (χ2v) is 3.83. The molecule has 3 N–H and O–H groups in total. The Morgan fingerprint density at radius 2 is 2.40 bits per heavy atom. The van der Waals surface area contributed by atoms with Crippen LogP contribution in [0.15, 0.2) is 0 Å². The van der Waals surface area contributed by atoms with E-state index in [-0.39, 0.29) is 24.3 Å². The number of hydrogen-bond donors (Lipinski definition) is 2. The standard InChI is InChI=1S/C10H19N3O2/c1-2-3-8(6-11)10(15)13-5-4-12-9(14)7-13/h8H,2-7,11H2,1H3,(H,12,14). The number of piperazine rings is 1. The molecule has 0 radical (unpaired) electrons. The van der Waals surface area contributed by atoms with Gasteiger partial charge in [0.2, 0.25) is 11.8 Å². The molecule has 1 aliphatic rings. The van der Waals surface area contributed by atoms with Crippen molar-refractivity contribution in [1.29, 1.82) is 0 Å². The van der Waals surface area contributed by atoms with Crippen molar-refractivity contribution in [3.05, 3.63) is 0 Å². The quantitative estimate of drug-likeness (QED) is 0.649. The highest BCUT2D eigenvalue weighted by Gasteiger charge is 2.26. The van der Waals surface area contributed by atoms with Gasteiger partial charge in [-0.1, -0.05) is 13.3 Å². The first-order valence-corrected chi connectivity index (χ1v) is 5.44. The minimum absolute atomic E-state index is 0.0224. The lowest BCUT2D eigenvalue weighted by Gasteiger charge is -2.29. The molecule has 0 aromatic carbocycles. The predicted octanol–water partition coefficient (Wildman–Crippen LogP) is -0.680. The number of nitrogens with one attached hydrogen (secondary N) is 1. The maximum absolute atomic E-state index is 11.9. The first-order valence-electron chi connectivity index (χ1n) is 5.44. The van der Waals surface area contributed by atoms with Gasteiger partial charge in [-0.2, -0.15) is 0 Å². The third kappa shape index (κ3) is 3.20. The van der Waals surface area contributed by atoms with E-state index in [1.165, 1.54) is 0 Å². The molecule has 1 saturated heterocycles.